The minimum Gasteiger partial charge on any atom is -0.355 e. The van der Waals surface area contributed by atoms with Crippen LogP contribution in [0.15, 0.2) is 23.4 Å². The zero-order valence-corrected chi connectivity index (χ0v) is 8.52. The van der Waals surface area contributed by atoms with Crippen molar-refractivity contribution in [3.05, 3.63) is 28.9 Å². The molecule has 2 heterocycles. The van der Waals surface area contributed by atoms with E-state index in [0.717, 1.165) is 0 Å². The third-order valence-corrected chi connectivity index (χ3v) is 2.50. The van der Waals surface area contributed by atoms with E-state index in [9.17, 15) is 9.59 Å². The van der Waals surface area contributed by atoms with Crippen molar-refractivity contribution in [3.8, 4) is 0 Å². The summed E-state index contributed by atoms with van der Waals surface area (Å²) in [7, 11) is 0. The van der Waals surface area contributed by atoms with Crippen molar-refractivity contribution >= 4 is 16.8 Å². The van der Waals surface area contributed by atoms with Crippen LogP contribution in [0, 0.1) is 0 Å². The molecule has 5 heteroatoms. The molecule has 2 rings (SSSR count). The van der Waals surface area contributed by atoms with Crippen LogP contribution in [0.3, 0.4) is 0 Å². The number of hydrogen-bond donors (Lipinski definition) is 1. The highest BCUT2D eigenvalue weighted by Gasteiger charge is 2.13. The normalized spacial score (nSPS) is 12.9. The minimum absolute atomic E-state index is 0.0650. The highest BCUT2D eigenvalue weighted by molar-refractivity contribution is 5.80. The van der Waals surface area contributed by atoms with Crippen LogP contribution in [0.1, 0.15) is 19.9 Å². The fourth-order valence-corrected chi connectivity index (χ4v) is 1.42. The SMILES string of the molecule is CC(=O)C(C)n1cnc2cc[nH]c2c1=O. The van der Waals surface area contributed by atoms with E-state index in [1.54, 1.807) is 19.2 Å². The first-order valence-electron chi connectivity index (χ1n) is 4.66. The highest BCUT2D eigenvalue weighted by Crippen LogP contribution is 2.07. The Kier molecular flexibility index (Phi) is 2.15. The summed E-state index contributed by atoms with van der Waals surface area (Å²) in [6.45, 7) is 3.14. The van der Waals surface area contributed by atoms with Crippen molar-refractivity contribution in [2.75, 3.05) is 0 Å². The van der Waals surface area contributed by atoms with E-state index < -0.39 is 6.04 Å². The van der Waals surface area contributed by atoms with Crippen LogP contribution in [-0.2, 0) is 4.79 Å². The summed E-state index contributed by atoms with van der Waals surface area (Å²) < 4.78 is 1.33. The molecule has 1 N–H and O–H groups in total. The predicted octanol–water partition coefficient (Wildman–Crippen LogP) is 0.875. The number of aromatic nitrogens is 3. The van der Waals surface area contributed by atoms with Gasteiger partial charge in [-0.3, -0.25) is 14.2 Å². The first-order valence-corrected chi connectivity index (χ1v) is 4.66. The minimum atomic E-state index is -0.474. The maximum atomic E-state index is 11.9. The van der Waals surface area contributed by atoms with E-state index >= 15 is 0 Å². The molecule has 0 aromatic carbocycles. The monoisotopic (exact) mass is 205 g/mol. The molecule has 1 unspecified atom stereocenters. The Morgan fingerprint density at radius 1 is 1.60 bits per heavy atom. The number of ketones is 1. The molecule has 15 heavy (non-hydrogen) atoms. The highest BCUT2D eigenvalue weighted by atomic mass is 16.1. The van der Waals surface area contributed by atoms with Gasteiger partial charge in [0.1, 0.15) is 5.52 Å². The van der Waals surface area contributed by atoms with Crippen LogP contribution in [-0.4, -0.2) is 20.3 Å². The first-order chi connectivity index (χ1) is 7.11. The summed E-state index contributed by atoms with van der Waals surface area (Å²) in [4.78, 5) is 29.9. The molecule has 0 radical (unpaired) electrons. The van der Waals surface area contributed by atoms with Crippen LogP contribution in [0.2, 0.25) is 0 Å². The lowest BCUT2D eigenvalue weighted by atomic mass is 10.2. The van der Waals surface area contributed by atoms with E-state index in [0.29, 0.717) is 11.0 Å². The number of carbonyl (C=O) groups excluding carboxylic acids is 1. The second-order valence-corrected chi connectivity index (χ2v) is 3.48. The predicted molar refractivity (Wildman–Crippen MR) is 55.7 cm³/mol. The van der Waals surface area contributed by atoms with E-state index in [-0.39, 0.29) is 11.3 Å². The lowest BCUT2D eigenvalue weighted by Gasteiger charge is -2.10. The zero-order chi connectivity index (χ0) is 11.0. The van der Waals surface area contributed by atoms with Crippen molar-refractivity contribution in [1.82, 2.24) is 14.5 Å². The van der Waals surface area contributed by atoms with Crippen LogP contribution >= 0.6 is 0 Å². The number of fused-ring (bicyclic) bond motifs is 1. The summed E-state index contributed by atoms with van der Waals surface area (Å²) >= 11 is 0. The number of aromatic amines is 1. The third kappa shape index (κ3) is 1.45. The van der Waals surface area contributed by atoms with Crippen LogP contribution in [0.4, 0.5) is 0 Å². The summed E-state index contributed by atoms with van der Waals surface area (Å²) in [5, 5.41) is 0. The molecular weight excluding hydrogens is 194 g/mol. The standard InChI is InChI=1S/C10H11N3O2/c1-6(7(2)14)13-5-12-8-3-4-11-9(8)10(13)15/h3-6,11H,1-2H3. The van der Waals surface area contributed by atoms with Gasteiger partial charge < -0.3 is 4.98 Å². The Morgan fingerprint density at radius 2 is 2.33 bits per heavy atom. The van der Waals surface area contributed by atoms with Gasteiger partial charge in [-0.05, 0) is 19.9 Å². The molecule has 0 saturated carbocycles. The van der Waals surface area contributed by atoms with Gasteiger partial charge in [0.15, 0.2) is 5.78 Å². The summed E-state index contributed by atoms with van der Waals surface area (Å²) in [6, 6.07) is 1.25. The molecule has 0 bridgehead atoms. The largest absolute Gasteiger partial charge is 0.355 e. The quantitative estimate of drug-likeness (QED) is 0.791. The van der Waals surface area contributed by atoms with Gasteiger partial charge in [0, 0.05) is 6.20 Å². The van der Waals surface area contributed by atoms with Crippen LogP contribution in [0.5, 0.6) is 0 Å². The average Bonchev–Trinajstić information content (AvgIpc) is 2.66. The molecule has 5 nitrogen and oxygen atoms in total. The van der Waals surface area contributed by atoms with E-state index in [4.69, 9.17) is 0 Å². The Bertz CT molecular complexity index is 567. The topological polar surface area (TPSA) is 67.8 Å². The molecule has 0 aliphatic heterocycles. The lowest BCUT2D eigenvalue weighted by Crippen LogP contribution is -2.27. The van der Waals surface area contributed by atoms with Crippen LogP contribution in [0.25, 0.3) is 11.0 Å². The summed E-state index contributed by atoms with van der Waals surface area (Å²) in [5.74, 6) is -0.0650. The molecule has 78 valence electrons. The Balaban J connectivity index is 2.67. The average molecular weight is 205 g/mol. The molecule has 2 aromatic heterocycles. The van der Waals surface area contributed by atoms with Gasteiger partial charge in [0.25, 0.3) is 5.56 Å². The Hall–Kier alpha value is -1.91. The third-order valence-electron chi connectivity index (χ3n) is 2.50. The van der Waals surface area contributed by atoms with Gasteiger partial charge in [-0.1, -0.05) is 0 Å². The molecule has 0 spiro atoms. The molecule has 0 aliphatic rings. The number of Topliss-reactive ketones (excluding diaryl/α,β-unsaturated/α-hetero) is 1. The maximum absolute atomic E-state index is 11.9. The molecule has 0 fully saturated rings. The molecule has 2 aromatic rings. The molecule has 0 amide bonds. The molecule has 0 aliphatic carbocycles. The van der Waals surface area contributed by atoms with Gasteiger partial charge in [-0.15, -0.1) is 0 Å². The second kappa shape index (κ2) is 3.34. The number of rotatable bonds is 2. The maximum Gasteiger partial charge on any atom is 0.278 e. The zero-order valence-electron chi connectivity index (χ0n) is 8.52. The van der Waals surface area contributed by atoms with Crippen molar-refractivity contribution < 1.29 is 4.79 Å². The Morgan fingerprint density at radius 3 is 3.00 bits per heavy atom. The molecule has 1 atom stereocenters. The first kappa shape index (κ1) is 9.64. The van der Waals surface area contributed by atoms with E-state index in [1.807, 2.05) is 0 Å². The van der Waals surface area contributed by atoms with Crippen molar-refractivity contribution in [2.45, 2.75) is 19.9 Å². The van der Waals surface area contributed by atoms with E-state index in [1.165, 1.54) is 17.8 Å². The molecule has 0 saturated heterocycles. The number of H-pyrrole nitrogens is 1. The molecular formula is C10H11N3O2. The summed E-state index contributed by atoms with van der Waals surface area (Å²) in [6.07, 6.45) is 3.06. The number of nitrogens with zero attached hydrogens (tertiary/aromatic N) is 2. The fourth-order valence-electron chi connectivity index (χ4n) is 1.42. The van der Waals surface area contributed by atoms with Crippen molar-refractivity contribution in [3.63, 3.8) is 0 Å². The van der Waals surface area contributed by atoms with Gasteiger partial charge in [-0.2, -0.15) is 0 Å². The lowest BCUT2D eigenvalue weighted by molar-refractivity contribution is -0.119. The summed E-state index contributed by atoms with van der Waals surface area (Å²) in [5.41, 5.74) is 0.838. The fraction of sp³-hybridized carbons (Fsp3) is 0.300. The Labute approximate surface area is 85.8 Å². The van der Waals surface area contributed by atoms with Gasteiger partial charge >= 0.3 is 0 Å². The van der Waals surface area contributed by atoms with Gasteiger partial charge in [0.05, 0.1) is 17.9 Å². The van der Waals surface area contributed by atoms with E-state index in [2.05, 4.69) is 9.97 Å². The smallest absolute Gasteiger partial charge is 0.278 e. The van der Waals surface area contributed by atoms with Crippen molar-refractivity contribution in [2.24, 2.45) is 0 Å². The number of nitrogens with one attached hydrogen (secondary N) is 1. The second-order valence-electron chi connectivity index (χ2n) is 3.48. The van der Waals surface area contributed by atoms with Crippen molar-refractivity contribution in [1.29, 1.82) is 0 Å². The van der Waals surface area contributed by atoms with Gasteiger partial charge in [0.2, 0.25) is 0 Å². The number of carbonyl (C=O) groups is 1. The van der Waals surface area contributed by atoms with Gasteiger partial charge in [-0.25, -0.2) is 4.98 Å². The van der Waals surface area contributed by atoms with Crippen LogP contribution < -0.4 is 5.56 Å². The number of hydrogen-bond acceptors (Lipinski definition) is 3.